The Morgan fingerprint density at radius 2 is 1.74 bits per heavy atom. The van der Waals surface area contributed by atoms with Crippen LogP contribution >= 0.6 is 0 Å². The van der Waals surface area contributed by atoms with E-state index in [0.29, 0.717) is 0 Å². The first kappa shape index (κ1) is 12.0. The Morgan fingerprint density at radius 1 is 1.05 bits per heavy atom. The summed E-state index contributed by atoms with van der Waals surface area (Å²) in [6, 6.07) is 16.2. The second-order valence-electron chi connectivity index (χ2n) is 5.44. The van der Waals surface area contributed by atoms with Gasteiger partial charge in [0.25, 0.3) is 0 Å². The second-order valence-corrected chi connectivity index (χ2v) is 5.44. The SMILES string of the molecule is Cc1ccccc1CC1(C)C(=O)Nc2ccccc21. The van der Waals surface area contributed by atoms with Crippen LogP contribution in [-0.2, 0) is 16.6 Å². The number of rotatable bonds is 2. The molecule has 2 aromatic rings. The maximum absolute atomic E-state index is 12.4. The largest absolute Gasteiger partial charge is 0.325 e. The number of hydrogen-bond donors (Lipinski definition) is 1. The summed E-state index contributed by atoms with van der Waals surface area (Å²) >= 11 is 0. The Morgan fingerprint density at radius 3 is 2.53 bits per heavy atom. The Balaban J connectivity index is 2.04. The molecule has 2 aromatic carbocycles. The molecule has 1 amide bonds. The molecule has 0 radical (unpaired) electrons. The van der Waals surface area contributed by atoms with Gasteiger partial charge in [-0.3, -0.25) is 4.79 Å². The van der Waals surface area contributed by atoms with Gasteiger partial charge in [-0.2, -0.15) is 0 Å². The van der Waals surface area contributed by atoms with Crippen LogP contribution in [0.25, 0.3) is 0 Å². The standard InChI is InChI=1S/C17H17NO/c1-12-7-3-4-8-13(12)11-17(2)14-9-5-6-10-15(14)18-16(17)19/h3-10H,11H2,1-2H3,(H,18,19). The van der Waals surface area contributed by atoms with Crippen molar-refractivity contribution in [1.82, 2.24) is 0 Å². The van der Waals surface area contributed by atoms with E-state index in [4.69, 9.17) is 0 Å². The van der Waals surface area contributed by atoms with Gasteiger partial charge in [-0.15, -0.1) is 0 Å². The third kappa shape index (κ3) is 1.84. The van der Waals surface area contributed by atoms with Crippen molar-refractivity contribution in [2.75, 3.05) is 5.32 Å². The lowest BCUT2D eigenvalue weighted by Crippen LogP contribution is -2.33. The van der Waals surface area contributed by atoms with Crippen LogP contribution in [0.15, 0.2) is 48.5 Å². The Kier molecular flexibility index (Phi) is 2.67. The molecule has 0 aromatic heterocycles. The fourth-order valence-corrected chi connectivity index (χ4v) is 2.82. The first-order valence-corrected chi connectivity index (χ1v) is 6.57. The first-order valence-electron chi connectivity index (χ1n) is 6.57. The minimum absolute atomic E-state index is 0.0944. The molecule has 3 rings (SSSR count). The molecule has 19 heavy (non-hydrogen) atoms. The van der Waals surface area contributed by atoms with Crippen molar-refractivity contribution in [3.63, 3.8) is 0 Å². The van der Waals surface area contributed by atoms with Gasteiger partial charge in [0.15, 0.2) is 0 Å². The molecule has 0 aliphatic carbocycles. The average Bonchev–Trinajstić information content (AvgIpc) is 2.65. The van der Waals surface area contributed by atoms with Crippen molar-refractivity contribution < 1.29 is 4.79 Å². The molecule has 1 aliphatic rings. The Hall–Kier alpha value is -2.09. The maximum atomic E-state index is 12.4. The van der Waals surface area contributed by atoms with Gasteiger partial charge >= 0.3 is 0 Å². The lowest BCUT2D eigenvalue weighted by atomic mass is 9.77. The number of carbonyl (C=O) groups excluding carboxylic acids is 1. The molecule has 0 saturated heterocycles. The summed E-state index contributed by atoms with van der Waals surface area (Å²) in [4.78, 5) is 12.4. The number of fused-ring (bicyclic) bond motifs is 1. The molecular formula is C17H17NO. The molecule has 0 bridgehead atoms. The summed E-state index contributed by atoms with van der Waals surface area (Å²) in [5, 5.41) is 2.99. The molecule has 96 valence electrons. The van der Waals surface area contributed by atoms with Crippen LogP contribution in [0.2, 0.25) is 0 Å². The number of anilines is 1. The number of carbonyl (C=O) groups is 1. The molecule has 1 atom stereocenters. The molecule has 1 heterocycles. The molecule has 1 aliphatic heterocycles. The van der Waals surface area contributed by atoms with Crippen molar-refractivity contribution in [3.8, 4) is 0 Å². The molecule has 0 saturated carbocycles. The Bertz CT molecular complexity index is 647. The topological polar surface area (TPSA) is 29.1 Å². The zero-order chi connectivity index (χ0) is 13.5. The monoisotopic (exact) mass is 251 g/mol. The van der Waals surface area contributed by atoms with Crippen molar-refractivity contribution in [2.45, 2.75) is 25.7 Å². The zero-order valence-corrected chi connectivity index (χ0v) is 11.2. The molecule has 2 heteroatoms. The number of hydrogen-bond acceptors (Lipinski definition) is 1. The summed E-state index contributed by atoms with van der Waals surface area (Å²) in [6.45, 7) is 4.12. The number of amides is 1. The lowest BCUT2D eigenvalue weighted by molar-refractivity contribution is -0.120. The third-order valence-corrected chi connectivity index (χ3v) is 4.08. The van der Waals surface area contributed by atoms with E-state index >= 15 is 0 Å². The zero-order valence-electron chi connectivity index (χ0n) is 11.2. The van der Waals surface area contributed by atoms with Crippen LogP contribution in [-0.4, -0.2) is 5.91 Å². The minimum Gasteiger partial charge on any atom is -0.325 e. The highest BCUT2D eigenvalue weighted by atomic mass is 16.2. The van der Waals surface area contributed by atoms with Gasteiger partial charge in [-0.25, -0.2) is 0 Å². The van der Waals surface area contributed by atoms with E-state index in [-0.39, 0.29) is 5.91 Å². The van der Waals surface area contributed by atoms with Gasteiger partial charge in [0.2, 0.25) is 5.91 Å². The van der Waals surface area contributed by atoms with E-state index < -0.39 is 5.41 Å². The molecule has 0 spiro atoms. The third-order valence-electron chi connectivity index (χ3n) is 4.08. The summed E-state index contributed by atoms with van der Waals surface area (Å²) < 4.78 is 0. The van der Waals surface area contributed by atoms with E-state index in [1.807, 2.05) is 43.3 Å². The summed E-state index contributed by atoms with van der Waals surface area (Å²) in [5.74, 6) is 0.0944. The van der Waals surface area contributed by atoms with E-state index in [0.717, 1.165) is 17.7 Å². The van der Waals surface area contributed by atoms with E-state index in [2.05, 4.69) is 24.4 Å². The summed E-state index contributed by atoms with van der Waals surface area (Å²) in [7, 11) is 0. The average molecular weight is 251 g/mol. The second kappa shape index (κ2) is 4.23. The quantitative estimate of drug-likeness (QED) is 0.870. The number of para-hydroxylation sites is 1. The van der Waals surface area contributed by atoms with E-state index in [1.54, 1.807) is 0 Å². The number of benzene rings is 2. The first-order chi connectivity index (χ1) is 9.11. The van der Waals surface area contributed by atoms with Crippen LogP contribution in [0, 0.1) is 6.92 Å². The fraction of sp³-hybridized carbons (Fsp3) is 0.235. The highest BCUT2D eigenvalue weighted by molar-refractivity contribution is 6.06. The van der Waals surface area contributed by atoms with Gasteiger partial charge in [-0.1, -0.05) is 42.5 Å². The van der Waals surface area contributed by atoms with Crippen LogP contribution in [0.4, 0.5) is 5.69 Å². The van der Waals surface area contributed by atoms with Crippen LogP contribution in [0.3, 0.4) is 0 Å². The normalized spacial score (nSPS) is 21.1. The van der Waals surface area contributed by atoms with Crippen LogP contribution < -0.4 is 5.32 Å². The van der Waals surface area contributed by atoms with Crippen LogP contribution in [0.1, 0.15) is 23.6 Å². The summed E-state index contributed by atoms with van der Waals surface area (Å²) in [5.41, 5.74) is 4.05. The van der Waals surface area contributed by atoms with Gasteiger partial charge < -0.3 is 5.32 Å². The van der Waals surface area contributed by atoms with Crippen LogP contribution in [0.5, 0.6) is 0 Å². The Labute approximate surface area is 113 Å². The molecular weight excluding hydrogens is 234 g/mol. The molecule has 1 N–H and O–H groups in total. The van der Waals surface area contributed by atoms with Crippen molar-refractivity contribution in [1.29, 1.82) is 0 Å². The minimum atomic E-state index is -0.470. The maximum Gasteiger partial charge on any atom is 0.235 e. The van der Waals surface area contributed by atoms with Gasteiger partial charge in [0, 0.05) is 5.69 Å². The molecule has 1 unspecified atom stereocenters. The number of aryl methyl sites for hydroxylation is 1. The van der Waals surface area contributed by atoms with E-state index in [1.165, 1.54) is 11.1 Å². The molecule has 0 fully saturated rings. The highest BCUT2D eigenvalue weighted by Gasteiger charge is 2.42. The van der Waals surface area contributed by atoms with Crippen molar-refractivity contribution in [2.24, 2.45) is 0 Å². The van der Waals surface area contributed by atoms with Gasteiger partial charge in [-0.05, 0) is 43.0 Å². The smallest absolute Gasteiger partial charge is 0.235 e. The summed E-state index contributed by atoms with van der Waals surface area (Å²) in [6.07, 6.45) is 0.739. The van der Waals surface area contributed by atoms with Gasteiger partial charge in [0.1, 0.15) is 0 Å². The molecule has 2 nitrogen and oxygen atoms in total. The predicted octanol–water partition coefficient (Wildman–Crippen LogP) is 3.45. The lowest BCUT2D eigenvalue weighted by Gasteiger charge is -2.23. The number of nitrogens with one attached hydrogen (secondary N) is 1. The van der Waals surface area contributed by atoms with Crippen molar-refractivity contribution >= 4 is 11.6 Å². The predicted molar refractivity (Wildman–Crippen MR) is 77.3 cm³/mol. The van der Waals surface area contributed by atoms with Crippen molar-refractivity contribution in [3.05, 3.63) is 65.2 Å². The van der Waals surface area contributed by atoms with E-state index in [9.17, 15) is 4.79 Å². The van der Waals surface area contributed by atoms with Gasteiger partial charge in [0.05, 0.1) is 5.41 Å². The fourth-order valence-electron chi connectivity index (χ4n) is 2.82. The highest BCUT2D eigenvalue weighted by Crippen LogP contribution is 2.40.